The summed E-state index contributed by atoms with van der Waals surface area (Å²) in [5, 5.41) is 3.15. The molecular formula is C23H31NO3. The van der Waals surface area contributed by atoms with E-state index >= 15 is 0 Å². The number of nitrogens with one attached hydrogen (secondary N) is 1. The van der Waals surface area contributed by atoms with Gasteiger partial charge in [-0.1, -0.05) is 32.0 Å². The van der Waals surface area contributed by atoms with E-state index in [9.17, 15) is 4.79 Å². The lowest BCUT2D eigenvalue weighted by Gasteiger charge is -2.24. The molecular weight excluding hydrogens is 338 g/mol. The first kappa shape index (κ1) is 20.8. The van der Waals surface area contributed by atoms with Crippen molar-refractivity contribution >= 4 is 5.91 Å². The summed E-state index contributed by atoms with van der Waals surface area (Å²) >= 11 is 0. The average molecular weight is 370 g/mol. The van der Waals surface area contributed by atoms with Gasteiger partial charge in [0.2, 0.25) is 0 Å². The summed E-state index contributed by atoms with van der Waals surface area (Å²) < 4.78 is 11.1. The molecule has 0 unspecified atom stereocenters. The number of ether oxygens (including phenoxy) is 2. The van der Waals surface area contributed by atoms with Crippen LogP contribution in [-0.2, 0) is 4.79 Å². The van der Waals surface area contributed by atoms with Crippen LogP contribution in [0.25, 0.3) is 0 Å². The number of rotatable bonds is 8. The van der Waals surface area contributed by atoms with Crippen molar-refractivity contribution < 1.29 is 14.3 Å². The van der Waals surface area contributed by atoms with E-state index in [0.717, 1.165) is 34.6 Å². The number of benzene rings is 2. The SMILES string of the molecule is COc1ccc([C@H](CC(C)C)NC(=O)[C@H](C)Oc2cc(C)cc(C)c2)cc1. The van der Waals surface area contributed by atoms with E-state index in [-0.39, 0.29) is 11.9 Å². The van der Waals surface area contributed by atoms with Crippen LogP contribution >= 0.6 is 0 Å². The minimum atomic E-state index is -0.570. The van der Waals surface area contributed by atoms with E-state index in [4.69, 9.17) is 9.47 Å². The molecule has 146 valence electrons. The Balaban J connectivity index is 2.09. The molecule has 0 radical (unpaired) electrons. The minimum absolute atomic E-state index is 0.0614. The molecule has 0 heterocycles. The molecule has 1 N–H and O–H groups in total. The third-order valence-corrected chi connectivity index (χ3v) is 4.42. The fourth-order valence-corrected chi connectivity index (χ4v) is 3.13. The summed E-state index contributed by atoms with van der Waals surface area (Å²) in [6.07, 6.45) is 0.285. The van der Waals surface area contributed by atoms with Gasteiger partial charge >= 0.3 is 0 Å². The fourth-order valence-electron chi connectivity index (χ4n) is 3.13. The van der Waals surface area contributed by atoms with E-state index < -0.39 is 6.10 Å². The Kier molecular flexibility index (Phi) is 7.28. The number of hydrogen-bond acceptors (Lipinski definition) is 3. The van der Waals surface area contributed by atoms with Crippen LogP contribution in [0, 0.1) is 19.8 Å². The lowest BCUT2D eigenvalue weighted by molar-refractivity contribution is -0.128. The number of carbonyl (C=O) groups excluding carboxylic acids is 1. The molecule has 4 nitrogen and oxygen atoms in total. The Morgan fingerprint density at radius 3 is 2.07 bits per heavy atom. The Hall–Kier alpha value is -2.49. The van der Waals surface area contributed by atoms with Crippen molar-refractivity contribution in [2.45, 2.75) is 53.2 Å². The predicted molar refractivity (Wildman–Crippen MR) is 109 cm³/mol. The topological polar surface area (TPSA) is 47.6 Å². The number of amides is 1. The molecule has 27 heavy (non-hydrogen) atoms. The highest BCUT2D eigenvalue weighted by molar-refractivity contribution is 5.81. The van der Waals surface area contributed by atoms with Gasteiger partial charge in [0.1, 0.15) is 11.5 Å². The van der Waals surface area contributed by atoms with E-state index in [1.807, 2.05) is 50.2 Å². The van der Waals surface area contributed by atoms with Crippen molar-refractivity contribution in [1.82, 2.24) is 5.32 Å². The molecule has 0 aliphatic heterocycles. The number of methoxy groups -OCH3 is 1. The van der Waals surface area contributed by atoms with Crippen molar-refractivity contribution in [3.63, 3.8) is 0 Å². The van der Waals surface area contributed by atoms with E-state index in [1.165, 1.54) is 0 Å². The molecule has 2 aromatic carbocycles. The summed E-state index contributed by atoms with van der Waals surface area (Å²) in [6, 6.07) is 13.8. The van der Waals surface area contributed by atoms with Crippen LogP contribution in [0.3, 0.4) is 0 Å². The predicted octanol–water partition coefficient (Wildman–Crippen LogP) is 4.98. The summed E-state index contributed by atoms with van der Waals surface area (Å²) in [5.74, 6) is 1.86. The lowest BCUT2D eigenvalue weighted by atomic mass is 9.96. The van der Waals surface area contributed by atoms with E-state index in [2.05, 4.69) is 25.2 Å². The monoisotopic (exact) mass is 369 g/mol. The Bertz CT molecular complexity index is 732. The standard InChI is InChI=1S/C23H31NO3/c1-15(2)11-22(19-7-9-20(26-6)10-8-19)24-23(25)18(5)27-21-13-16(3)12-17(4)14-21/h7-10,12-15,18,22H,11H2,1-6H3,(H,24,25)/t18-,22-/m0/s1. The van der Waals surface area contributed by atoms with Crippen LogP contribution < -0.4 is 14.8 Å². The van der Waals surface area contributed by atoms with Gasteiger partial charge in [-0.25, -0.2) is 0 Å². The van der Waals surface area contributed by atoms with Gasteiger partial charge in [0, 0.05) is 0 Å². The van der Waals surface area contributed by atoms with Gasteiger partial charge < -0.3 is 14.8 Å². The molecule has 2 rings (SSSR count). The smallest absolute Gasteiger partial charge is 0.261 e. The summed E-state index contributed by atoms with van der Waals surface area (Å²) in [6.45, 7) is 10.1. The molecule has 4 heteroatoms. The van der Waals surface area contributed by atoms with E-state index in [1.54, 1.807) is 14.0 Å². The summed E-state index contributed by atoms with van der Waals surface area (Å²) in [4.78, 5) is 12.7. The second-order valence-corrected chi connectivity index (χ2v) is 7.55. The van der Waals surface area contributed by atoms with E-state index in [0.29, 0.717) is 5.92 Å². The molecule has 0 saturated heterocycles. The Labute approximate surface area is 162 Å². The Morgan fingerprint density at radius 1 is 0.963 bits per heavy atom. The van der Waals surface area contributed by atoms with Gasteiger partial charge in [0.15, 0.2) is 6.10 Å². The van der Waals surface area contributed by atoms with Crippen LogP contribution in [0.15, 0.2) is 42.5 Å². The molecule has 2 atom stereocenters. The molecule has 0 saturated carbocycles. The van der Waals surface area contributed by atoms with Crippen LogP contribution in [-0.4, -0.2) is 19.1 Å². The van der Waals surface area contributed by atoms with Crippen molar-refractivity contribution in [2.24, 2.45) is 5.92 Å². The normalized spacial score (nSPS) is 13.1. The number of carbonyl (C=O) groups is 1. The van der Waals surface area contributed by atoms with Crippen LogP contribution in [0.4, 0.5) is 0 Å². The van der Waals surface area contributed by atoms with Crippen molar-refractivity contribution in [3.8, 4) is 11.5 Å². The third kappa shape index (κ3) is 6.31. The van der Waals surface area contributed by atoms with Gasteiger partial charge in [-0.15, -0.1) is 0 Å². The highest BCUT2D eigenvalue weighted by Gasteiger charge is 2.21. The molecule has 2 aromatic rings. The van der Waals surface area contributed by atoms with Crippen molar-refractivity contribution in [3.05, 3.63) is 59.2 Å². The number of hydrogen-bond donors (Lipinski definition) is 1. The molecule has 0 fully saturated rings. The average Bonchev–Trinajstić information content (AvgIpc) is 2.59. The van der Waals surface area contributed by atoms with Crippen molar-refractivity contribution in [2.75, 3.05) is 7.11 Å². The van der Waals surface area contributed by atoms with Gasteiger partial charge in [-0.2, -0.15) is 0 Å². The Morgan fingerprint density at radius 2 is 1.56 bits per heavy atom. The van der Waals surface area contributed by atoms with Crippen LogP contribution in [0.1, 0.15) is 49.9 Å². The zero-order valence-electron chi connectivity index (χ0n) is 17.2. The second kappa shape index (κ2) is 9.45. The van der Waals surface area contributed by atoms with Crippen LogP contribution in [0.5, 0.6) is 11.5 Å². The zero-order valence-corrected chi connectivity index (χ0v) is 17.2. The number of aryl methyl sites for hydroxylation is 2. The van der Waals surface area contributed by atoms with Crippen LogP contribution in [0.2, 0.25) is 0 Å². The first-order chi connectivity index (χ1) is 12.8. The largest absolute Gasteiger partial charge is 0.497 e. The van der Waals surface area contributed by atoms with Gasteiger partial charge in [-0.05, 0) is 74.1 Å². The lowest BCUT2D eigenvalue weighted by Crippen LogP contribution is -2.39. The van der Waals surface area contributed by atoms with Gasteiger partial charge in [0.05, 0.1) is 13.2 Å². The summed E-state index contributed by atoms with van der Waals surface area (Å²) in [7, 11) is 1.65. The zero-order chi connectivity index (χ0) is 20.0. The highest BCUT2D eigenvalue weighted by Crippen LogP contribution is 2.24. The molecule has 0 bridgehead atoms. The van der Waals surface area contributed by atoms with Gasteiger partial charge in [0.25, 0.3) is 5.91 Å². The summed E-state index contributed by atoms with van der Waals surface area (Å²) in [5.41, 5.74) is 3.30. The highest BCUT2D eigenvalue weighted by atomic mass is 16.5. The molecule has 0 aliphatic carbocycles. The minimum Gasteiger partial charge on any atom is -0.497 e. The van der Waals surface area contributed by atoms with Gasteiger partial charge in [-0.3, -0.25) is 4.79 Å². The molecule has 0 aliphatic rings. The molecule has 0 spiro atoms. The fraction of sp³-hybridized carbons (Fsp3) is 0.435. The second-order valence-electron chi connectivity index (χ2n) is 7.55. The maximum absolute atomic E-state index is 12.7. The molecule has 1 amide bonds. The van der Waals surface area contributed by atoms with Crippen molar-refractivity contribution in [1.29, 1.82) is 0 Å². The first-order valence-electron chi connectivity index (χ1n) is 9.47. The third-order valence-electron chi connectivity index (χ3n) is 4.42. The first-order valence-corrected chi connectivity index (χ1v) is 9.47. The maximum atomic E-state index is 12.7. The quantitative estimate of drug-likeness (QED) is 0.714. The molecule has 0 aromatic heterocycles. The maximum Gasteiger partial charge on any atom is 0.261 e.